The van der Waals surface area contributed by atoms with Crippen LogP contribution in [0.3, 0.4) is 0 Å². The molecule has 0 bridgehead atoms. The first-order chi connectivity index (χ1) is 7.04. The summed E-state index contributed by atoms with van der Waals surface area (Å²) < 4.78 is 6.10. The molecule has 0 aliphatic carbocycles. The molecule has 0 spiro atoms. The number of hydrogen-bond acceptors (Lipinski definition) is 2. The van der Waals surface area contributed by atoms with Gasteiger partial charge in [-0.3, -0.25) is 0 Å². The zero-order valence-corrected chi connectivity index (χ0v) is 9.82. The predicted octanol–water partition coefficient (Wildman–Crippen LogP) is 3.10. The number of carboxylic acid groups (broad SMARTS) is 1. The quantitative estimate of drug-likeness (QED) is 0.856. The highest BCUT2D eigenvalue weighted by Crippen LogP contribution is 2.24. The van der Waals surface area contributed by atoms with Gasteiger partial charge in [0.25, 0.3) is 0 Å². The molecule has 0 saturated heterocycles. The van der Waals surface area contributed by atoms with Crippen molar-refractivity contribution in [2.75, 3.05) is 0 Å². The Balaban J connectivity index is 3.05. The lowest BCUT2D eigenvalue weighted by atomic mass is 10.2. The van der Waals surface area contributed by atoms with Crippen LogP contribution in [0.5, 0.6) is 5.75 Å². The fourth-order valence-corrected chi connectivity index (χ4v) is 1.38. The second-order valence-electron chi connectivity index (χ2n) is 3.00. The van der Waals surface area contributed by atoms with Crippen LogP contribution in [0.15, 0.2) is 35.3 Å². The van der Waals surface area contributed by atoms with Gasteiger partial charge in [-0.25, -0.2) is 4.79 Å². The predicted molar refractivity (Wildman–Crippen MR) is 61.4 cm³/mol. The highest BCUT2D eigenvalue weighted by Gasteiger charge is 2.12. The second kappa shape index (κ2) is 4.98. The molecule has 1 aromatic carbocycles. The fraction of sp³-hybridized carbons (Fsp3) is 0.182. The van der Waals surface area contributed by atoms with Crippen molar-refractivity contribution >= 4 is 21.9 Å². The fourth-order valence-electron chi connectivity index (χ4n) is 1.02. The van der Waals surface area contributed by atoms with Crippen LogP contribution in [0.2, 0.25) is 0 Å². The average Bonchev–Trinajstić information content (AvgIpc) is 2.20. The summed E-state index contributed by atoms with van der Waals surface area (Å²) in [5.41, 5.74) is 0.137. The van der Waals surface area contributed by atoms with Gasteiger partial charge in [0.1, 0.15) is 17.4 Å². The highest BCUT2D eigenvalue weighted by molar-refractivity contribution is 9.10. The summed E-state index contributed by atoms with van der Waals surface area (Å²) in [5.74, 6) is -0.666. The standard InChI is InChI=1S/C11H11BrO3/c1-3-7(2)15-10-5-4-8(12)6-9(10)11(13)14/h3-7H,1H2,2H3,(H,13,14). The normalized spacial score (nSPS) is 11.9. The van der Waals surface area contributed by atoms with Crippen LogP contribution in [0.4, 0.5) is 0 Å². The van der Waals surface area contributed by atoms with Gasteiger partial charge >= 0.3 is 5.97 Å². The molecule has 15 heavy (non-hydrogen) atoms. The molecule has 1 N–H and O–H groups in total. The molecule has 0 aromatic heterocycles. The van der Waals surface area contributed by atoms with Crippen molar-refractivity contribution in [2.45, 2.75) is 13.0 Å². The Morgan fingerprint density at radius 1 is 1.67 bits per heavy atom. The molecule has 0 amide bonds. The topological polar surface area (TPSA) is 46.5 Å². The summed E-state index contributed by atoms with van der Waals surface area (Å²) in [6, 6.07) is 4.86. The zero-order chi connectivity index (χ0) is 11.4. The van der Waals surface area contributed by atoms with Gasteiger partial charge in [-0.2, -0.15) is 0 Å². The van der Waals surface area contributed by atoms with Crippen LogP contribution >= 0.6 is 15.9 Å². The van der Waals surface area contributed by atoms with E-state index < -0.39 is 5.97 Å². The highest BCUT2D eigenvalue weighted by atomic mass is 79.9. The summed E-state index contributed by atoms with van der Waals surface area (Å²) in [4.78, 5) is 10.9. The number of hydrogen-bond donors (Lipinski definition) is 1. The summed E-state index contributed by atoms with van der Waals surface area (Å²) >= 11 is 3.21. The van der Waals surface area contributed by atoms with Gasteiger partial charge in [0, 0.05) is 4.47 Å². The minimum Gasteiger partial charge on any atom is -0.486 e. The molecule has 0 aliphatic heterocycles. The lowest BCUT2D eigenvalue weighted by Crippen LogP contribution is -2.10. The third-order valence-electron chi connectivity index (χ3n) is 1.82. The first-order valence-electron chi connectivity index (χ1n) is 4.36. The Hall–Kier alpha value is -1.29. The van der Waals surface area contributed by atoms with E-state index in [-0.39, 0.29) is 11.7 Å². The van der Waals surface area contributed by atoms with Gasteiger partial charge in [-0.1, -0.05) is 28.6 Å². The number of halogens is 1. The summed E-state index contributed by atoms with van der Waals surface area (Å²) in [7, 11) is 0. The second-order valence-corrected chi connectivity index (χ2v) is 3.92. The van der Waals surface area contributed by atoms with Gasteiger partial charge in [0.15, 0.2) is 0 Å². The maximum atomic E-state index is 10.9. The van der Waals surface area contributed by atoms with E-state index >= 15 is 0 Å². The lowest BCUT2D eigenvalue weighted by molar-refractivity contribution is 0.0691. The van der Waals surface area contributed by atoms with Gasteiger partial charge in [0.2, 0.25) is 0 Å². The molecule has 4 heteroatoms. The van der Waals surface area contributed by atoms with E-state index in [9.17, 15) is 4.79 Å². The number of rotatable bonds is 4. The van der Waals surface area contributed by atoms with E-state index in [2.05, 4.69) is 22.5 Å². The van der Waals surface area contributed by atoms with Gasteiger partial charge in [-0.05, 0) is 25.1 Å². The lowest BCUT2D eigenvalue weighted by Gasteiger charge is -2.12. The van der Waals surface area contributed by atoms with Crippen molar-refractivity contribution in [1.29, 1.82) is 0 Å². The average molecular weight is 271 g/mol. The molecule has 0 radical (unpaired) electrons. The monoisotopic (exact) mass is 270 g/mol. The third kappa shape index (κ3) is 3.09. The SMILES string of the molecule is C=CC(C)Oc1ccc(Br)cc1C(=O)O. The molecule has 3 nitrogen and oxygen atoms in total. The van der Waals surface area contributed by atoms with Gasteiger partial charge in [-0.15, -0.1) is 0 Å². The van der Waals surface area contributed by atoms with E-state index in [4.69, 9.17) is 9.84 Å². The maximum absolute atomic E-state index is 10.9. The van der Waals surface area contributed by atoms with Crippen molar-refractivity contribution in [3.8, 4) is 5.75 Å². The Labute approximate surface area is 96.5 Å². The molecule has 1 aromatic rings. The number of aromatic carboxylic acids is 1. The molecular weight excluding hydrogens is 260 g/mol. The van der Waals surface area contributed by atoms with Crippen LogP contribution in [0, 0.1) is 0 Å². The largest absolute Gasteiger partial charge is 0.486 e. The molecule has 80 valence electrons. The van der Waals surface area contributed by atoms with E-state index in [1.807, 2.05) is 0 Å². The molecule has 1 unspecified atom stereocenters. The maximum Gasteiger partial charge on any atom is 0.339 e. The molecule has 0 heterocycles. The van der Waals surface area contributed by atoms with Crippen molar-refractivity contribution in [1.82, 2.24) is 0 Å². The summed E-state index contributed by atoms with van der Waals surface area (Å²) in [6.45, 7) is 5.36. The number of benzene rings is 1. The van der Waals surface area contributed by atoms with Gasteiger partial charge < -0.3 is 9.84 Å². The molecule has 1 rings (SSSR count). The first-order valence-corrected chi connectivity index (χ1v) is 5.16. The Kier molecular flexibility index (Phi) is 3.91. The molecule has 1 atom stereocenters. The molecule has 0 fully saturated rings. The summed E-state index contributed by atoms with van der Waals surface area (Å²) in [5, 5.41) is 8.95. The van der Waals surface area contributed by atoms with Crippen LogP contribution in [-0.4, -0.2) is 17.2 Å². The van der Waals surface area contributed by atoms with Crippen molar-refractivity contribution in [2.24, 2.45) is 0 Å². The van der Waals surface area contributed by atoms with Crippen molar-refractivity contribution in [3.63, 3.8) is 0 Å². The first kappa shape index (κ1) is 11.8. The van der Waals surface area contributed by atoms with E-state index in [0.29, 0.717) is 10.2 Å². The van der Waals surface area contributed by atoms with E-state index in [1.165, 1.54) is 6.07 Å². The van der Waals surface area contributed by atoms with Crippen LogP contribution in [0.25, 0.3) is 0 Å². The van der Waals surface area contributed by atoms with Crippen molar-refractivity contribution < 1.29 is 14.6 Å². The van der Waals surface area contributed by atoms with E-state index in [1.54, 1.807) is 25.1 Å². The number of ether oxygens (including phenoxy) is 1. The summed E-state index contributed by atoms with van der Waals surface area (Å²) in [6.07, 6.45) is 1.39. The molecule has 0 saturated carbocycles. The Bertz CT molecular complexity index is 387. The number of carbonyl (C=O) groups is 1. The van der Waals surface area contributed by atoms with Crippen molar-refractivity contribution in [3.05, 3.63) is 40.9 Å². The van der Waals surface area contributed by atoms with Crippen LogP contribution < -0.4 is 4.74 Å². The van der Waals surface area contributed by atoms with Gasteiger partial charge in [0.05, 0.1) is 0 Å². The van der Waals surface area contributed by atoms with E-state index in [0.717, 1.165) is 0 Å². The molecule has 0 aliphatic rings. The Morgan fingerprint density at radius 3 is 2.87 bits per heavy atom. The number of carboxylic acids is 1. The van der Waals surface area contributed by atoms with Crippen LogP contribution in [-0.2, 0) is 0 Å². The van der Waals surface area contributed by atoms with Crippen LogP contribution in [0.1, 0.15) is 17.3 Å². The zero-order valence-electron chi connectivity index (χ0n) is 8.24. The minimum atomic E-state index is -1.01. The third-order valence-corrected chi connectivity index (χ3v) is 2.31. The smallest absolute Gasteiger partial charge is 0.339 e. The minimum absolute atomic E-state index is 0.137. The Morgan fingerprint density at radius 2 is 2.33 bits per heavy atom. The molecular formula is C11H11BrO3.